The number of fused-ring (bicyclic) bond motifs is 2. The van der Waals surface area contributed by atoms with Crippen molar-refractivity contribution in [2.24, 2.45) is 0 Å². The number of para-hydroxylation sites is 1. The Labute approximate surface area is 209 Å². The van der Waals surface area contributed by atoms with Crippen molar-refractivity contribution in [2.45, 2.75) is 6.10 Å². The predicted molar refractivity (Wildman–Crippen MR) is 140 cm³/mol. The summed E-state index contributed by atoms with van der Waals surface area (Å²) in [4.78, 5) is 4.75. The number of anilines is 3. The summed E-state index contributed by atoms with van der Waals surface area (Å²) >= 11 is 0. The zero-order valence-electron chi connectivity index (χ0n) is 19.1. The maximum absolute atomic E-state index is 11.6. The Hall–Kier alpha value is -3.31. The standard InChI is InChI=1S/C24H25N3O6S.ClH/c1-32-23-11-15(27-34(2,30)31)7-10-21(23)26-24-18-5-3-4-6-20(18)25-22-12-17(8-9-19(22)24)33-14-16(29)13-28;/h3-12,16,27-29H,13-14H2,1-2H3,(H,25,26);1H. The molecule has 0 amide bonds. The molecule has 9 nitrogen and oxygen atoms in total. The molecular formula is C24H26ClN3O6S. The number of hydrogen-bond acceptors (Lipinski definition) is 8. The van der Waals surface area contributed by atoms with E-state index in [9.17, 15) is 13.5 Å². The van der Waals surface area contributed by atoms with Crippen molar-refractivity contribution in [1.29, 1.82) is 0 Å². The zero-order valence-corrected chi connectivity index (χ0v) is 20.7. The predicted octanol–water partition coefficient (Wildman–Crippen LogP) is 3.67. The number of nitrogens with one attached hydrogen (secondary N) is 2. The third-order valence-electron chi connectivity index (χ3n) is 5.07. The highest BCUT2D eigenvalue weighted by molar-refractivity contribution is 7.92. The number of aliphatic hydroxyl groups excluding tert-OH is 2. The highest BCUT2D eigenvalue weighted by Crippen LogP contribution is 2.38. The van der Waals surface area contributed by atoms with Crippen LogP contribution in [0.3, 0.4) is 0 Å². The number of pyridine rings is 1. The van der Waals surface area contributed by atoms with E-state index >= 15 is 0 Å². The highest BCUT2D eigenvalue weighted by Gasteiger charge is 2.14. The number of aliphatic hydroxyl groups is 2. The van der Waals surface area contributed by atoms with Crippen LogP contribution in [-0.4, -0.2) is 56.3 Å². The second kappa shape index (κ2) is 11.0. The molecular weight excluding hydrogens is 494 g/mol. The molecule has 1 aromatic heterocycles. The van der Waals surface area contributed by atoms with Crippen LogP contribution in [0.15, 0.2) is 60.7 Å². The van der Waals surface area contributed by atoms with Crippen LogP contribution in [0.25, 0.3) is 21.8 Å². The van der Waals surface area contributed by atoms with Gasteiger partial charge < -0.3 is 25.0 Å². The first kappa shape index (κ1) is 26.3. The molecule has 0 bridgehead atoms. The minimum Gasteiger partial charge on any atom is -0.494 e. The quantitative estimate of drug-likeness (QED) is 0.246. The summed E-state index contributed by atoms with van der Waals surface area (Å²) < 4.78 is 36.7. The van der Waals surface area contributed by atoms with Crippen LogP contribution >= 0.6 is 12.4 Å². The first-order valence-corrected chi connectivity index (χ1v) is 12.3. The van der Waals surface area contributed by atoms with Crippen molar-refractivity contribution in [2.75, 3.05) is 36.6 Å². The maximum Gasteiger partial charge on any atom is 0.229 e. The fourth-order valence-electron chi connectivity index (χ4n) is 3.55. The third-order valence-corrected chi connectivity index (χ3v) is 5.68. The Kier molecular flexibility index (Phi) is 8.23. The molecule has 4 aromatic rings. The molecule has 1 heterocycles. The maximum atomic E-state index is 11.6. The normalized spacial score (nSPS) is 12.1. The smallest absolute Gasteiger partial charge is 0.229 e. The summed E-state index contributed by atoms with van der Waals surface area (Å²) in [6.45, 7) is -0.420. The van der Waals surface area contributed by atoms with Gasteiger partial charge in [0.1, 0.15) is 24.2 Å². The molecule has 4 rings (SSSR count). The van der Waals surface area contributed by atoms with E-state index in [1.807, 2.05) is 30.3 Å². The van der Waals surface area contributed by atoms with Gasteiger partial charge in [-0.3, -0.25) is 4.72 Å². The zero-order chi connectivity index (χ0) is 24.3. The van der Waals surface area contributed by atoms with Crippen molar-refractivity contribution in [3.05, 3.63) is 60.7 Å². The van der Waals surface area contributed by atoms with Crippen LogP contribution in [0.1, 0.15) is 0 Å². The monoisotopic (exact) mass is 519 g/mol. The number of ether oxygens (including phenoxy) is 2. The largest absolute Gasteiger partial charge is 0.494 e. The van der Waals surface area contributed by atoms with Crippen LogP contribution in [0.5, 0.6) is 11.5 Å². The molecule has 4 N–H and O–H groups in total. The SMILES string of the molecule is COc1cc(NS(C)(=O)=O)ccc1Nc1c2ccccc2nc2cc(OCC(O)CO)ccc12.Cl. The number of methoxy groups -OCH3 is 1. The Morgan fingerprint density at radius 1 is 1.03 bits per heavy atom. The minimum atomic E-state index is -3.42. The minimum absolute atomic E-state index is 0. The molecule has 0 aliphatic carbocycles. The van der Waals surface area contributed by atoms with Crippen LogP contribution in [0, 0.1) is 0 Å². The van der Waals surface area contributed by atoms with E-state index in [1.54, 1.807) is 30.3 Å². The lowest BCUT2D eigenvalue weighted by Crippen LogP contribution is -2.21. The van der Waals surface area contributed by atoms with Gasteiger partial charge in [-0.05, 0) is 30.3 Å². The second-order valence-corrected chi connectivity index (χ2v) is 9.49. The van der Waals surface area contributed by atoms with Gasteiger partial charge in [0, 0.05) is 22.9 Å². The lowest BCUT2D eigenvalue weighted by atomic mass is 10.1. The highest BCUT2D eigenvalue weighted by atomic mass is 35.5. The van der Waals surface area contributed by atoms with Crippen LogP contribution in [0.2, 0.25) is 0 Å². The van der Waals surface area contributed by atoms with Gasteiger partial charge in [-0.25, -0.2) is 13.4 Å². The van der Waals surface area contributed by atoms with E-state index in [-0.39, 0.29) is 25.6 Å². The molecule has 0 saturated carbocycles. The van der Waals surface area contributed by atoms with E-state index in [4.69, 9.17) is 19.6 Å². The first-order chi connectivity index (χ1) is 16.3. The third kappa shape index (κ3) is 6.23. The van der Waals surface area contributed by atoms with Crippen molar-refractivity contribution in [1.82, 2.24) is 4.98 Å². The molecule has 0 radical (unpaired) electrons. The fraction of sp³-hybridized carbons (Fsp3) is 0.208. The lowest BCUT2D eigenvalue weighted by molar-refractivity contribution is 0.0536. The average Bonchev–Trinajstić information content (AvgIpc) is 2.81. The number of rotatable bonds is 9. The molecule has 0 aliphatic rings. The average molecular weight is 520 g/mol. The van der Waals surface area contributed by atoms with Gasteiger partial charge in [0.25, 0.3) is 0 Å². The van der Waals surface area contributed by atoms with E-state index in [0.29, 0.717) is 28.4 Å². The molecule has 1 unspecified atom stereocenters. The van der Waals surface area contributed by atoms with Crippen LogP contribution < -0.4 is 19.5 Å². The fourth-order valence-corrected chi connectivity index (χ4v) is 4.10. The molecule has 1 atom stereocenters. The van der Waals surface area contributed by atoms with Gasteiger partial charge >= 0.3 is 0 Å². The number of benzene rings is 3. The van der Waals surface area contributed by atoms with Gasteiger partial charge in [-0.1, -0.05) is 18.2 Å². The van der Waals surface area contributed by atoms with Gasteiger partial charge in [0.15, 0.2) is 0 Å². The van der Waals surface area contributed by atoms with Gasteiger partial charge in [-0.2, -0.15) is 0 Å². The van der Waals surface area contributed by atoms with Crippen molar-refractivity contribution in [3.8, 4) is 11.5 Å². The van der Waals surface area contributed by atoms with Crippen molar-refractivity contribution < 1.29 is 28.1 Å². The van der Waals surface area contributed by atoms with Gasteiger partial charge in [0.05, 0.1) is 48.1 Å². The lowest BCUT2D eigenvalue weighted by Gasteiger charge is -2.17. The van der Waals surface area contributed by atoms with E-state index in [2.05, 4.69) is 10.0 Å². The number of nitrogens with zero attached hydrogens (tertiary/aromatic N) is 1. The number of hydrogen-bond donors (Lipinski definition) is 4. The number of sulfonamides is 1. The van der Waals surface area contributed by atoms with Crippen LogP contribution in [0.4, 0.5) is 17.1 Å². The van der Waals surface area contributed by atoms with Crippen molar-refractivity contribution in [3.63, 3.8) is 0 Å². The van der Waals surface area contributed by atoms with E-state index < -0.39 is 16.1 Å². The molecule has 35 heavy (non-hydrogen) atoms. The molecule has 0 saturated heterocycles. The molecule has 0 aliphatic heterocycles. The Balaban J connectivity index is 0.00000342. The number of halogens is 1. The number of aromatic nitrogens is 1. The topological polar surface area (TPSA) is 130 Å². The van der Waals surface area contributed by atoms with E-state index in [0.717, 1.165) is 28.2 Å². The van der Waals surface area contributed by atoms with E-state index in [1.165, 1.54) is 7.11 Å². The first-order valence-electron chi connectivity index (χ1n) is 10.4. The Morgan fingerprint density at radius 2 is 1.77 bits per heavy atom. The summed E-state index contributed by atoms with van der Waals surface area (Å²) in [6.07, 6.45) is 0.119. The Morgan fingerprint density at radius 3 is 2.49 bits per heavy atom. The molecule has 3 aromatic carbocycles. The van der Waals surface area contributed by atoms with Gasteiger partial charge in [0.2, 0.25) is 10.0 Å². The molecule has 11 heteroatoms. The van der Waals surface area contributed by atoms with Gasteiger partial charge in [-0.15, -0.1) is 12.4 Å². The Bertz CT molecular complexity index is 1450. The summed E-state index contributed by atoms with van der Waals surface area (Å²) in [5.74, 6) is 0.975. The summed E-state index contributed by atoms with van der Waals surface area (Å²) in [7, 11) is -1.91. The van der Waals surface area contributed by atoms with Crippen molar-refractivity contribution >= 4 is 61.3 Å². The second-order valence-electron chi connectivity index (χ2n) is 7.74. The molecule has 0 spiro atoms. The molecule has 186 valence electrons. The summed E-state index contributed by atoms with van der Waals surface area (Å²) in [5, 5.41) is 23.7. The molecule has 0 fully saturated rings. The summed E-state index contributed by atoms with van der Waals surface area (Å²) in [6, 6.07) is 18.1. The van der Waals surface area contributed by atoms with Crippen LogP contribution in [-0.2, 0) is 10.0 Å². The summed E-state index contributed by atoms with van der Waals surface area (Å²) in [5.41, 5.74) is 3.27.